The lowest BCUT2D eigenvalue weighted by atomic mass is 10.2. The summed E-state index contributed by atoms with van der Waals surface area (Å²) in [5.74, 6) is -0.135. The molecular formula is C18H22N4O2. The van der Waals surface area contributed by atoms with E-state index in [1.165, 1.54) is 0 Å². The Balaban J connectivity index is 1.72. The van der Waals surface area contributed by atoms with Crippen LogP contribution in [-0.2, 0) is 11.3 Å². The molecule has 2 heterocycles. The summed E-state index contributed by atoms with van der Waals surface area (Å²) >= 11 is 0. The minimum atomic E-state index is -0.357. The van der Waals surface area contributed by atoms with Gasteiger partial charge in [-0.2, -0.15) is 5.10 Å². The number of benzene rings is 1. The first-order valence-corrected chi connectivity index (χ1v) is 8.15. The molecule has 0 aliphatic carbocycles. The fourth-order valence-corrected chi connectivity index (χ4v) is 3.06. The lowest BCUT2D eigenvalue weighted by Gasteiger charge is -2.25. The summed E-state index contributed by atoms with van der Waals surface area (Å²) in [6.45, 7) is 1.24. The number of carbonyl (C=O) groups is 2. The average Bonchev–Trinajstić information content (AvgIpc) is 3.23. The van der Waals surface area contributed by atoms with E-state index in [9.17, 15) is 9.59 Å². The number of hydrogen-bond acceptors (Lipinski definition) is 3. The van der Waals surface area contributed by atoms with Crippen LogP contribution < -0.4 is 0 Å². The largest absolute Gasteiger partial charge is 0.347 e. The van der Waals surface area contributed by atoms with E-state index in [4.69, 9.17) is 0 Å². The SMILES string of the molecule is CN(C)C(=O)C1CCCN1C(=O)c1cnn(Cc2ccccc2)c1. The van der Waals surface area contributed by atoms with Crippen LogP contribution in [0.5, 0.6) is 0 Å². The Bertz CT molecular complexity index is 724. The second-order valence-electron chi connectivity index (χ2n) is 6.30. The van der Waals surface area contributed by atoms with Crippen LogP contribution in [0, 0.1) is 0 Å². The number of nitrogens with zero attached hydrogens (tertiary/aromatic N) is 4. The molecule has 1 aromatic heterocycles. The van der Waals surface area contributed by atoms with Crippen molar-refractivity contribution in [2.75, 3.05) is 20.6 Å². The van der Waals surface area contributed by atoms with Crippen LogP contribution in [0.3, 0.4) is 0 Å². The second kappa shape index (κ2) is 6.86. The van der Waals surface area contributed by atoms with Crippen molar-refractivity contribution >= 4 is 11.8 Å². The lowest BCUT2D eigenvalue weighted by Crippen LogP contribution is -2.45. The molecule has 6 heteroatoms. The number of aromatic nitrogens is 2. The third-order valence-electron chi connectivity index (χ3n) is 4.31. The number of likely N-dealkylation sites (tertiary alicyclic amines) is 1. The lowest BCUT2D eigenvalue weighted by molar-refractivity contribution is -0.132. The molecule has 6 nitrogen and oxygen atoms in total. The maximum atomic E-state index is 12.8. The smallest absolute Gasteiger partial charge is 0.257 e. The zero-order valence-corrected chi connectivity index (χ0v) is 14.1. The van der Waals surface area contributed by atoms with Gasteiger partial charge in [0, 0.05) is 26.8 Å². The van der Waals surface area contributed by atoms with Gasteiger partial charge < -0.3 is 9.80 Å². The van der Waals surface area contributed by atoms with Crippen molar-refractivity contribution in [3.05, 3.63) is 53.9 Å². The predicted molar refractivity (Wildman–Crippen MR) is 90.5 cm³/mol. The van der Waals surface area contributed by atoms with Crippen molar-refractivity contribution < 1.29 is 9.59 Å². The maximum absolute atomic E-state index is 12.8. The van der Waals surface area contributed by atoms with Crippen molar-refractivity contribution in [3.63, 3.8) is 0 Å². The van der Waals surface area contributed by atoms with Gasteiger partial charge in [-0.05, 0) is 18.4 Å². The van der Waals surface area contributed by atoms with Crippen molar-refractivity contribution in [1.29, 1.82) is 0 Å². The van der Waals surface area contributed by atoms with Crippen LogP contribution >= 0.6 is 0 Å². The molecule has 1 aliphatic heterocycles. The van der Waals surface area contributed by atoms with Crippen molar-refractivity contribution in [1.82, 2.24) is 19.6 Å². The van der Waals surface area contributed by atoms with Gasteiger partial charge in [-0.3, -0.25) is 14.3 Å². The highest BCUT2D eigenvalue weighted by Gasteiger charge is 2.35. The zero-order chi connectivity index (χ0) is 17.1. The normalized spacial score (nSPS) is 17.1. The van der Waals surface area contributed by atoms with Gasteiger partial charge in [0.2, 0.25) is 5.91 Å². The molecule has 0 saturated carbocycles. The molecule has 2 amide bonds. The first-order chi connectivity index (χ1) is 11.6. The third kappa shape index (κ3) is 3.32. The first-order valence-electron chi connectivity index (χ1n) is 8.15. The molecule has 126 valence electrons. The van der Waals surface area contributed by atoms with E-state index in [1.807, 2.05) is 30.3 Å². The van der Waals surface area contributed by atoms with E-state index >= 15 is 0 Å². The fourth-order valence-electron chi connectivity index (χ4n) is 3.06. The predicted octanol–water partition coefficient (Wildman–Crippen LogP) is 1.62. The Labute approximate surface area is 141 Å². The molecule has 1 saturated heterocycles. The Morgan fingerprint density at radius 3 is 2.71 bits per heavy atom. The molecule has 24 heavy (non-hydrogen) atoms. The molecule has 0 bridgehead atoms. The number of hydrogen-bond donors (Lipinski definition) is 0. The van der Waals surface area contributed by atoms with E-state index in [0.717, 1.165) is 18.4 Å². The van der Waals surface area contributed by atoms with E-state index in [0.29, 0.717) is 18.7 Å². The topological polar surface area (TPSA) is 58.4 Å². The van der Waals surface area contributed by atoms with Gasteiger partial charge in [-0.1, -0.05) is 30.3 Å². The van der Waals surface area contributed by atoms with E-state index in [1.54, 1.807) is 41.0 Å². The van der Waals surface area contributed by atoms with Crippen molar-refractivity contribution in [2.45, 2.75) is 25.4 Å². The summed E-state index contributed by atoms with van der Waals surface area (Å²) in [5, 5.41) is 4.28. The van der Waals surface area contributed by atoms with Crippen molar-refractivity contribution in [3.8, 4) is 0 Å². The summed E-state index contributed by atoms with van der Waals surface area (Å²) in [6.07, 6.45) is 4.92. The van der Waals surface area contributed by atoms with Gasteiger partial charge in [0.1, 0.15) is 6.04 Å². The fraction of sp³-hybridized carbons (Fsp3) is 0.389. The Hall–Kier alpha value is -2.63. The number of carbonyl (C=O) groups excluding carboxylic acids is 2. The van der Waals surface area contributed by atoms with E-state index in [-0.39, 0.29) is 17.9 Å². The van der Waals surface area contributed by atoms with Crippen LogP contribution in [0.4, 0.5) is 0 Å². The molecule has 0 N–H and O–H groups in total. The van der Waals surface area contributed by atoms with Gasteiger partial charge in [0.25, 0.3) is 5.91 Å². The molecule has 1 atom stereocenters. The van der Waals surface area contributed by atoms with Crippen molar-refractivity contribution in [2.24, 2.45) is 0 Å². The molecule has 2 aromatic rings. The van der Waals surface area contributed by atoms with Gasteiger partial charge in [0.15, 0.2) is 0 Å². The maximum Gasteiger partial charge on any atom is 0.257 e. The molecule has 0 spiro atoms. The van der Waals surface area contributed by atoms with Crippen LogP contribution in [0.1, 0.15) is 28.8 Å². The van der Waals surface area contributed by atoms with Gasteiger partial charge in [-0.15, -0.1) is 0 Å². The average molecular weight is 326 g/mol. The first kappa shape index (κ1) is 16.2. The highest BCUT2D eigenvalue weighted by atomic mass is 16.2. The summed E-state index contributed by atoms with van der Waals surface area (Å²) in [7, 11) is 3.45. The highest BCUT2D eigenvalue weighted by molar-refractivity contribution is 5.97. The van der Waals surface area contributed by atoms with Gasteiger partial charge >= 0.3 is 0 Å². The van der Waals surface area contributed by atoms with E-state index < -0.39 is 0 Å². The summed E-state index contributed by atoms with van der Waals surface area (Å²) < 4.78 is 1.75. The van der Waals surface area contributed by atoms with Crippen LogP contribution in [0.25, 0.3) is 0 Å². The molecule has 0 radical (unpaired) electrons. The highest BCUT2D eigenvalue weighted by Crippen LogP contribution is 2.21. The third-order valence-corrected chi connectivity index (χ3v) is 4.31. The quantitative estimate of drug-likeness (QED) is 0.858. The molecule has 1 aromatic carbocycles. The number of likely N-dealkylation sites (N-methyl/N-ethyl adjacent to an activating group) is 1. The molecule has 3 rings (SSSR count). The second-order valence-corrected chi connectivity index (χ2v) is 6.30. The number of rotatable bonds is 4. The standard InChI is InChI=1S/C18H22N4O2/c1-20(2)18(24)16-9-6-10-22(16)17(23)15-11-19-21(13-15)12-14-7-4-3-5-8-14/h3-5,7-8,11,13,16H,6,9-10,12H2,1-2H3. The summed E-state index contributed by atoms with van der Waals surface area (Å²) in [6, 6.07) is 9.62. The van der Waals surface area contributed by atoms with E-state index in [2.05, 4.69) is 5.10 Å². The Morgan fingerprint density at radius 1 is 1.25 bits per heavy atom. The minimum Gasteiger partial charge on any atom is -0.347 e. The summed E-state index contributed by atoms with van der Waals surface area (Å²) in [5.41, 5.74) is 1.66. The van der Waals surface area contributed by atoms with Crippen LogP contribution in [0.15, 0.2) is 42.7 Å². The van der Waals surface area contributed by atoms with Gasteiger partial charge in [-0.25, -0.2) is 0 Å². The monoisotopic (exact) mass is 326 g/mol. The number of amides is 2. The molecule has 1 aliphatic rings. The molecular weight excluding hydrogens is 304 g/mol. The molecule has 1 unspecified atom stereocenters. The Morgan fingerprint density at radius 2 is 2.00 bits per heavy atom. The zero-order valence-electron chi connectivity index (χ0n) is 14.1. The van der Waals surface area contributed by atoms with Crippen LogP contribution in [-0.4, -0.2) is 58.1 Å². The minimum absolute atomic E-state index is 0.0162. The summed E-state index contributed by atoms with van der Waals surface area (Å²) in [4.78, 5) is 28.2. The molecule has 1 fully saturated rings. The van der Waals surface area contributed by atoms with Crippen LogP contribution in [0.2, 0.25) is 0 Å². The van der Waals surface area contributed by atoms with Gasteiger partial charge in [0.05, 0.1) is 18.3 Å². The Kier molecular flexibility index (Phi) is 4.64.